The van der Waals surface area contributed by atoms with Gasteiger partial charge >= 0.3 is 0 Å². The second-order valence-corrected chi connectivity index (χ2v) is 6.17. The second-order valence-electron chi connectivity index (χ2n) is 5.31. The molecule has 2 nitrogen and oxygen atoms in total. The van der Waals surface area contributed by atoms with E-state index in [1.165, 1.54) is 12.1 Å². The lowest BCUT2D eigenvalue weighted by molar-refractivity contribution is -0.0103. The molecule has 1 saturated heterocycles. The Morgan fingerprint density at radius 3 is 3.00 bits per heavy atom. The molecule has 2 N–H and O–H groups in total. The SMILES string of the molecule is CC(O)(Cc1cc(F)ccc1Br)C1CCCNC1. The Morgan fingerprint density at radius 1 is 1.56 bits per heavy atom. The number of halogens is 2. The molecule has 1 aromatic rings. The van der Waals surface area contributed by atoms with Crippen LogP contribution >= 0.6 is 15.9 Å². The zero-order chi connectivity index (χ0) is 13.2. The molecule has 0 spiro atoms. The van der Waals surface area contributed by atoms with Crippen LogP contribution in [0.15, 0.2) is 22.7 Å². The Balaban J connectivity index is 2.13. The summed E-state index contributed by atoms with van der Waals surface area (Å²) >= 11 is 3.41. The summed E-state index contributed by atoms with van der Waals surface area (Å²) in [4.78, 5) is 0. The number of nitrogens with one attached hydrogen (secondary N) is 1. The van der Waals surface area contributed by atoms with Crippen molar-refractivity contribution in [3.8, 4) is 0 Å². The summed E-state index contributed by atoms with van der Waals surface area (Å²) in [5.74, 6) is -0.0350. The molecule has 0 saturated carbocycles. The fourth-order valence-corrected chi connectivity index (χ4v) is 2.98. The lowest BCUT2D eigenvalue weighted by Gasteiger charge is -2.36. The van der Waals surface area contributed by atoms with Crippen molar-refractivity contribution in [1.29, 1.82) is 0 Å². The largest absolute Gasteiger partial charge is 0.389 e. The van der Waals surface area contributed by atoms with Crippen molar-refractivity contribution in [3.05, 3.63) is 34.1 Å². The van der Waals surface area contributed by atoms with Crippen LogP contribution in [0.3, 0.4) is 0 Å². The molecule has 18 heavy (non-hydrogen) atoms. The number of benzene rings is 1. The molecular formula is C14H19BrFNO. The highest BCUT2D eigenvalue weighted by Crippen LogP contribution is 2.30. The molecule has 0 bridgehead atoms. The van der Waals surface area contributed by atoms with E-state index in [1.54, 1.807) is 6.07 Å². The van der Waals surface area contributed by atoms with Crippen LogP contribution in [0, 0.1) is 11.7 Å². The first kappa shape index (κ1) is 14.0. The number of hydrogen-bond acceptors (Lipinski definition) is 2. The number of piperidine rings is 1. The average Bonchev–Trinajstić information content (AvgIpc) is 2.35. The van der Waals surface area contributed by atoms with E-state index in [2.05, 4.69) is 21.2 Å². The summed E-state index contributed by atoms with van der Waals surface area (Å²) in [5.41, 5.74) is 0.0228. The van der Waals surface area contributed by atoms with E-state index in [0.717, 1.165) is 36.0 Å². The predicted molar refractivity (Wildman–Crippen MR) is 74.0 cm³/mol. The third kappa shape index (κ3) is 3.31. The zero-order valence-electron chi connectivity index (χ0n) is 10.5. The number of hydrogen-bond donors (Lipinski definition) is 2. The van der Waals surface area contributed by atoms with Gasteiger partial charge in [0.05, 0.1) is 5.60 Å². The van der Waals surface area contributed by atoms with Crippen molar-refractivity contribution in [1.82, 2.24) is 5.32 Å². The molecule has 4 heteroatoms. The van der Waals surface area contributed by atoms with Crippen LogP contribution in [0.4, 0.5) is 4.39 Å². The van der Waals surface area contributed by atoms with E-state index in [4.69, 9.17) is 0 Å². The molecule has 1 aliphatic rings. The van der Waals surface area contributed by atoms with E-state index in [-0.39, 0.29) is 11.7 Å². The van der Waals surface area contributed by atoms with Gasteiger partial charge in [-0.15, -0.1) is 0 Å². The van der Waals surface area contributed by atoms with Gasteiger partial charge in [-0.25, -0.2) is 4.39 Å². The van der Waals surface area contributed by atoms with Crippen molar-refractivity contribution in [3.63, 3.8) is 0 Å². The maximum absolute atomic E-state index is 13.2. The standard InChI is InChI=1S/C14H19BrFNO/c1-14(18,11-3-2-6-17-9-11)8-10-7-12(16)4-5-13(10)15/h4-5,7,11,17-18H,2-3,6,8-9H2,1H3. The quantitative estimate of drug-likeness (QED) is 0.899. The molecular weight excluding hydrogens is 297 g/mol. The topological polar surface area (TPSA) is 32.3 Å². The molecule has 0 radical (unpaired) electrons. The van der Waals surface area contributed by atoms with Gasteiger partial charge in [0.25, 0.3) is 0 Å². The van der Waals surface area contributed by atoms with Crippen molar-refractivity contribution in [2.45, 2.75) is 31.8 Å². The van der Waals surface area contributed by atoms with Crippen molar-refractivity contribution in [2.75, 3.05) is 13.1 Å². The molecule has 2 rings (SSSR count). The zero-order valence-corrected chi connectivity index (χ0v) is 12.1. The highest BCUT2D eigenvalue weighted by Gasteiger charge is 2.33. The highest BCUT2D eigenvalue weighted by atomic mass is 79.9. The second kappa shape index (κ2) is 5.68. The maximum atomic E-state index is 13.2. The van der Waals surface area contributed by atoms with Crippen molar-refractivity contribution < 1.29 is 9.50 Å². The van der Waals surface area contributed by atoms with Crippen molar-refractivity contribution >= 4 is 15.9 Å². The van der Waals surface area contributed by atoms with Crippen LogP contribution in [0.5, 0.6) is 0 Å². The Bertz CT molecular complexity index is 416. The van der Waals surface area contributed by atoms with Gasteiger partial charge in [-0.1, -0.05) is 15.9 Å². The molecule has 2 unspecified atom stereocenters. The summed E-state index contributed by atoms with van der Waals surface area (Å²) in [5, 5.41) is 13.9. The minimum Gasteiger partial charge on any atom is -0.389 e. The predicted octanol–water partition coefficient (Wildman–Crippen LogP) is 2.88. The molecule has 2 atom stereocenters. The van der Waals surface area contributed by atoms with Crippen LogP contribution in [-0.2, 0) is 6.42 Å². The van der Waals surface area contributed by atoms with E-state index in [9.17, 15) is 9.50 Å². The highest BCUT2D eigenvalue weighted by molar-refractivity contribution is 9.10. The molecule has 1 aliphatic heterocycles. The van der Waals surface area contributed by atoms with Crippen LogP contribution in [-0.4, -0.2) is 23.8 Å². The molecule has 0 aliphatic carbocycles. The Hall–Kier alpha value is -0.450. The fraction of sp³-hybridized carbons (Fsp3) is 0.571. The summed E-state index contributed by atoms with van der Waals surface area (Å²) < 4.78 is 14.1. The van der Waals surface area contributed by atoms with Crippen LogP contribution in [0.2, 0.25) is 0 Å². The fourth-order valence-electron chi connectivity index (χ4n) is 2.59. The van der Waals surface area contributed by atoms with Gasteiger partial charge in [0.2, 0.25) is 0 Å². The molecule has 100 valence electrons. The van der Waals surface area contributed by atoms with Crippen LogP contribution < -0.4 is 5.32 Å². The monoisotopic (exact) mass is 315 g/mol. The van der Waals surface area contributed by atoms with E-state index in [0.29, 0.717) is 6.42 Å². The van der Waals surface area contributed by atoms with E-state index < -0.39 is 5.60 Å². The lowest BCUT2D eigenvalue weighted by Crippen LogP contribution is -2.45. The van der Waals surface area contributed by atoms with E-state index in [1.807, 2.05) is 6.92 Å². The van der Waals surface area contributed by atoms with Gasteiger partial charge in [0.1, 0.15) is 5.82 Å². The Kier molecular flexibility index (Phi) is 4.41. The molecule has 0 aromatic heterocycles. The first-order valence-electron chi connectivity index (χ1n) is 6.36. The first-order chi connectivity index (χ1) is 8.49. The average molecular weight is 316 g/mol. The Labute approximate surface area is 116 Å². The summed E-state index contributed by atoms with van der Waals surface area (Å²) in [6.07, 6.45) is 2.58. The van der Waals surface area contributed by atoms with Crippen LogP contribution in [0.25, 0.3) is 0 Å². The van der Waals surface area contributed by atoms with Gasteiger partial charge in [0, 0.05) is 23.4 Å². The number of rotatable bonds is 3. The molecule has 1 aromatic carbocycles. The minimum atomic E-state index is -0.802. The normalized spacial score (nSPS) is 23.7. The summed E-state index contributed by atoms with van der Waals surface area (Å²) in [6.45, 7) is 3.71. The molecule has 0 amide bonds. The summed E-state index contributed by atoms with van der Waals surface area (Å²) in [6, 6.07) is 4.61. The van der Waals surface area contributed by atoms with Gasteiger partial charge in [-0.2, -0.15) is 0 Å². The molecule has 1 fully saturated rings. The third-order valence-corrected chi connectivity index (χ3v) is 4.51. The van der Waals surface area contributed by atoms with Gasteiger partial charge in [-0.05, 0) is 50.1 Å². The van der Waals surface area contributed by atoms with Crippen molar-refractivity contribution in [2.24, 2.45) is 5.92 Å². The maximum Gasteiger partial charge on any atom is 0.123 e. The Morgan fingerprint density at radius 2 is 2.33 bits per heavy atom. The molecule has 1 heterocycles. The smallest absolute Gasteiger partial charge is 0.123 e. The number of aliphatic hydroxyl groups is 1. The summed E-state index contributed by atoms with van der Waals surface area (Å²) in [7, 11) is 0. The van der Waals surface area contributed by atoms with Gasteiger partial charge < -0.3 is 10.4 Å². The van der Waals surface area contributed by atoms with Gasteiger partial charge in [-0.3, -0.25) is 0 Å². The third-order valence-electron chi connectivity index (χ3n) is 3.73. The van der Waals surface area contributed by atoms with Crippen LogP contribution in [0.1, 0.15) is 25.3 Å². The van der Waals surface area contributed by atoms with E-state index >= 15 is 0 Å². The van der Waals surface area contributed by atoms with Gasteiger partial charge in [0.15, 0.2) is 0 Å². The minimum absolute atomic E-state index is 0.224. The first-order valence-corrected chi connectivity index (χ1v) is 7.15. The lowest BCUT2D eigenvalue weighted by atomic mass is 9.79.